The van der Waals surface area contributed by atoms with Crippen molar-refractivity contribution in [3.63, 3.8) is 0 Å². The van der Waals surface area contributed by atoms with Gasteiger partial charge in [0.2, 0.25) is 0 Å². The lowest BCUT2D eigenvalue weighted by Gasteiger charge is -2.10. The summed E-state index contributed by atoms with van der Waals surface area (Å²) < 4.78 is 6.86. The number of benzene rings is 2. The van der Waals surface area contributed by atoms with Gasteiger partial charge in [0.1, 0.15) is 17.2 Å². The van der Waals surface area contributed by atoms with E-state index in [2.05, 4.69) is 26.1 Å². The third kappa shape index (κ3) is 2.85. The molecule has 0 radical (unpaired) electrons. The van der Waals surface area contributed by atoms with Gasteiger partial charge in [0.05, 0.1) is 6.20 Å². The molecule has 0 saturated carbocycles. The molecular weight excluding hydrogens is 344 g/mol. The number of H-pyrrole nitrogens is 1. The Morgan fingerprint density at radius 2 is 1.91 bits per heavy atom. The average Bonchev–Trinajstić information content (AvgIpc) is 2.93. The molecule has 0 amide bonds. The second-order valence-electron chi connectivity index (χ2n) is 5.14. The van der Waals surface area contributed by atoms with Crippen molar-refractivity contribution >= 4 is 15.9 Å². The molecule has 4 nitrogen and oxygen atoms in total. The Morgan fingerprint density at radius 1 is 1.09 bits per heavy atom. The molecule has 0 aliphatic carbocycles. The smallest absolute Gasteiger partial charge is 0.173 e. The van der Waals surface area contributed by atoms with Crippen molar-refractivity contribution in [1.82, 2.24) is 10.2 Å². The Balaban J connectivity index is 2.02. The van der Waals surface area contributed by atoms with Gasteiger partial charge in [0.25, 0.3) is 0 Å². The van der Waals surface area contributed by atoms with Gasteiger partial charge >= 0.3 is 0 Å². The van der Waals surface area contributed by atoms with Crippen LogP contribution in [0.1, 0.15) is 11.1 Å². The van der Waals surface area contributed by atoms with Crippen molar-refractivity contribution in [3.05, 3.63) is 58.2 Å². The Hall–Kier alpha value is -2.27. The molecule has 112 valence electrons. The fourth-order valence-corrected chi connectivity index (χ4v) is 2.55. The van der Waals surface area contributed by atoms with Crippen LogP contribution in [-0.4, -0.2) is 15.3 Å². The SMILES string of the molecule is Cc1ccc(C)c(Oc2cn[nH]c2-c2cc(Br)ccc2O)c1. The van der Waals surface area contributed by atoms with Gasteiger partial charge in [-0.1, -0.05) is 28.1 Å². The van der Waals surface area contributed by atoms with E-state index in [0.29, 0.717) is 17.0 Å². The molecule has 3 rings (SSSR count). The van der Waals surface area contributed by atoms with Gasteiger partial charge in [-0.2, -0.15) is 5.10 Å². The lowest BCUT2D eigenvalue weighted by atomic mass is 10.1. The Bertz CT molecular complexity index is 827. The highest BCUT2D eigenvalue weighted by atomic mass is 79.9. The van der Waals surface area contributed by atoms with Gasteiger partial charge < -0.3 is 9.84 Å². The first kappa shape index (κ1) is 14.7. The largest absolute Gasteiger partial charge is 0.507 e. The maximum Gasteiger partial charge on any atom is 0.173 e. The van der Waals surface area contributed by atoms with Crippen LogP contribution in [0.25, 0.3) is 11.3 Å². The maximum atomic E-state index is 10.1. The zero-order valence-corrected chi connectivity index (χ0v) is 13.8. The summed E-state index contributed by atoms with van der Waals surface area (Å²) in [5, 5.41) is 17.0. The van der Waals surface area contributed by atoms with Gasteiger partial charge in [-0.25, -0.2) is 0 Å². The summed E-state index contributed by atoms with van der Waals surface area (Å²) in [5.74, 6) is 1.51. The van der Waals surface area contributed by atoms with Crippen LogP contribution in [-0.2, 0) is 0 Å². The summed E-state index contributed by atoms with van der Waals surface area (Å²) in [5.41, 5.74) is 3.43. The highest BCUT2D eigenvalue weighted by Gasteiger charge is 2.15. The third-order valence-electron chi connectivity index (χ3n) is 3.40. The summed E-state index contributed by atoms with van der Waals surface area (Å²) in [6, 6.07) is 11.3. The summed E-state index contributed by atoms with van der Waals surface area (Å²) in [7, 11) is 0. The van der Waals surface area contributed by atoms with Crippen LogP contribution in [0.2, 0.25) is 0 Å². The van der Waals surface area contributed by atoms with E-state index >= 15 is 0 Å². The number of ether oxygens (including phenoxy) is 1. The van der Waals surface area contributed by atoms with E-state index in [0.717, 1.165) is 21.3 Å². The topological polar surface area (TPSA) is 58.1 Å². The number of phenols is 1. The summed E-state index contributed by atoms with van der Waals surface area (Å²) >= 11 is 3.41. The van der Waals surface area contributed by atoms with Gasteiger partial charge in [-0.05, 0) is 49.2 Å². The van der Waals surface area contributed by atoms with Crippen molar-refractivity contribution in [2.45, 2.75) is 13.8 Å². The Kier molecular flexibility index (Phi) is 3.90. The summed E-state index contributed by atoms with van der Waals surface area (Å²) in [4.78, 5) is 0. The molecule has 3 aromatic rings. The normalized spacial score (nSPS) is 10.7. The monoisotopic (exact) mass is 358 g/mol. The van der Waals surface area contributed by atoms with E-state index in [1.54, 1.807) is 18.3 Å². The standard InChI is InChI=1S/C17H15BrN2O2/c1-10-3-4-11(2)15(7-10)22-16-9-19-20-17(16)13-8-12(18)5-6-14(13)21/h3-9,21H,1-2H3,(H,19,20). The lowest BCUT2D eigenvalue weighted by molar-refractivity contribution is 0.471. The number of aromatic amines is 1. The predicted molar refractivity (Wildman–Crippen MR) is 89.4 cm³/mol. The van der Waals surface area contributed by atoms with Gasteiger partial charge in [0.15, 0.2) is 5.75 Å². The minimum Gasteiger partial charge on any atom is -0.507 e. The van der Waals surface area contributed by atoms with Crippen LogP contribution in [0.5, 0.6) is 17.2 Å². The number of rotatable bonds is 3. The molecule has 0 aliphatic heterocycles. The van der Waals surface area contributed by atoms with Crippen molar-refractivity contribution in [1.29, 1.82) is 0 Å². The molecule has 1 heterocycles. The fourth-order valence-electron chi connectivity index (χ4n) is 2.19. The van der Waals surface area contributed by atoms with Crippen LogP contribution < -0.4 is 4.74 Å². The molecule has 0 spiro atoms. The van der Waals surface area contributed by atoms with E-state index < -0.39 is 0 Å². The predicted octanol–water partition coefficient (Wildman–Crippen LogP) is 4.95. The number of aryl methyl sites for hydroxylation is 2. The highest BCUT2D eigenvalue weighted by molar-refractivity contribution is 9.10. The maximum absolute atomic E-state index is 10.1. The Labute approximate surface area is 136 Å². The van der Waals surface area contributed by atoms with E-state index in [-0.39, 0.29) is 5.75 Å². The zero-order valence-electron chi connectivity index (χ0n) is 12.2. The number of nitrogens with zero attached hydrogens (tertiary/aromatic N) is 1. The molecule has 0 bridgehead atoms. The van der Waals surface area contributed by atoms with E-state index in [1.807, 2.05) is 38.1 Å². The first-order valence-corrected chi connectivity index (χ1v) is 7.61. The van der Waals surface area contributed by atoms with Crippen LogP contribution in [0.4, 0.5) is 0 Å². The number of hydrogen-bond acceptors (Lipinski definition) is 3. The van der Waals surface area contributed by atoms with E-state index in [9.17, 15) is 5.11 Å². The van der Waals surface area contributed by atoms with E-state index in [4.69, 9.17) is 4.74 Å². The first-order valence-electron chi connectivity index (χ1n) is 6.82. The number of hydrogen-bond donors (Lipinski definition) is 2. The number of aromatic hydroxyl groups is 1. The van der Waals surface area contributed by atoms with Crippen molar-refractivity contribution in [2.24, 2.45) is 0 Å². The number of halogens is 1. The van der Waals surface area contributed by atoms with Crippen LogP contribution in [0.15, 0.2) is 47.1 Å². The van der Waals surface area contributed by atoms with Crippen molar-refractivity contribution in [3.8, 4) is 28.5 Å². The number of phenolic OH excluding ortho intramolecular Hbond substituents is 1. The van der Waals surface area contributed by atoms with Crippen LogP contribution >= 0.6 is 15.9 Å². The molecule has 1 aromatic heterocycles. The van der Waals surface area contributed by atoms with E-state index in [1.165, 1.54) is 0 Å². The molecule has 2 N–H and O–H groups in total. The first-order chi connectivity index (χ1) is 10.5. The Morgan fingerprint density at radius 3 is 2.73 bits per heavy atom. The fraction of sp³-hybridized carbons (Fsp3) is 0.118. The van der Waals surface area contributed by atoms with Gasteiger partial charge in [-0.15, -0.1) is 0 Å². The van der Waals surface area contributed by atoms with Gasteiger partial charge in [-0.3, -0.25) is 5.10 Å². The molecule has 5 heteroatoms. The number of nitrogens with one attached hydrogen (secondary N) is 1. The lowest BCUT2D eigenvalue weighted by Crippen LogP contribution is -1.90. The highest BCUT2D eigenvalue weighted by Crippen LogP contribution is 2.38. The quantitative estimate of drug-likeness (QED) is 0.695. The second-order valence-corrected chi connectivity index (χ2v) is 6.06. The van der Waals surface area contributed by atoms with Crippen molar-refractivity contribution < 1.29 is 9.84 Å². The minimum atomic E-state index is 0.165. The summed E-state index contributed by atoms with van der Waals surface area (Å²) in [6.45, 7) is 4.01. The van der Waals surface area contributed by atoms with Gasteiger partial charge in [0, 0.05) is 10.0 Å². The summed E-state index contributed by atoms with van der Waals surface area (Å²) in [6.07, 6.45) is 1.61. The molecule has 22 heavy (non-hydrogen) atoms. The van der Waals surface area contributed by atoms with Crippen LogP contribution in [0, 0.1) is 13.8 Å². The second kappa shape index (κ2) is 5.85. The van der Waals surface area contributed by atoms with Crippen molar-refractivity contribution in [2.75, 3.05) is 0 Å². The van der Waals surface area contributed by atoms with Crippen LogP contribution in [0.3, 0.4) is 0 Å². The average molecular weight is 359 g/mol. The molecule has 0 atom stereocenters. The third-order valence-corrected chi connectivity index (χ3v) is 3.89. The zero-order chi connectivity index (χ0) is 15.7. The molecule has 0 fully saturated rings. The molecule has 0 unspecified atom stereocenters. The molecule has 2 aromatic carbocycles. The number of aromatic nitrogens is 2. The molecule has 0 aliphatic rings. The minimum absolute atomic E-state index is 0.165. The molecule has 0 saturated heterocycles. The molecular formula is C17H15BrN2O2.